The molecule has 0 saturated carbocycles. The van der Waals surface area contributed by atoms with Crippen molar-refractivity contribution in [3.63, 3.8) is 0 Å². The van der Waals surface area contributed by atoms with Crippen LogP contribution in [0.25, 0.3) is 10.8 Å². The first kappa shape index (κ1) is 28.5. The molecule has 2 aromatic carbocycles. The molecule has 6 N–H and O–H groups in total. The molecule has 2 rings (SSSR count). The molecule has 2 unspecified atom stereocenters. The van der Waals surface area contributed by atoms with Gasteiger partial charge in [-0.15, -0.1) is 0 Å². The Morgan fingerprint density at radius 2 is 1.03 bits per heavy atom. The lowest BCUT2D eigenvalue weighted by Gasteiger charge is -2.18. The fraction of sp³-hybridized carbons (Fsp3) is 0.300. The minimum Gasteiger partial charge on any atom is -0.478 e. The van der Waals surface area contributed by atoms with E-state index in [-0.39, 0.29) is 35.0 Å². The Morgan fingerprint density at radius 3 is 1.31 bits per heavy atom. The van der Waals surface area contributed by atoms with Crippen molar-refractivity contribution in [2.24, 2.45) is 0 Å². The molecule has 0 aliphatic carbocycles. The highest BCUT2D eigenvalue weighted by Gasteiger charge is 2.26. The zero-order valence-corrected chi connectivity index (χ0v) is 18.7. The normalized spacial score (nSPS) is 12.7. The van der Waals surface area contributed by atoms with Gasteiger partial charge in [-0.25, -0.2) is 20.1 Å². The Hall–Kier alpha value is -3.74. The van der Waals surface area contributed by atoms with Gasteiger partial charge in [0.25, 0.3) is 11.8 Å². The number of carbonyl (C=O) groups is 4. The molecule has 2 amide bonds. The summed E-state index contributed by atoms with van der Waals surface area (Å²) in [6.07, 6.45) is -2.50. The van der Waals surface area contributed by atoms with Crippen molar-refractivity contribution in [3.8, 4) is 0 Å². The monoisotopic (exact) mass is 514 g/mol. The smallest absolute Gasteiger partial charge is 0.336 e. The summed E-state index contributed by atoms with van der Waals surface area (Å²) >= 11 is 0. The molecule has 36 heavy (non-hydrogen) atoms. The molecule has 16 nitrogen and oxygen atoms in total. The van der Waals surface area contributed by atoms with Gasteiger partial charge in [-0.3, -0.25) is 9.59 Å². The second-order valence-corrected chi connectivity index (χ2v) is 6.77. The van der Waals surface area contributed by atoms with Crippen molar-refractivity contribution >= 4 is 34.5 Å². The Kier molecular flexibility index (Phi) is 10.6. The highest BCUT2D eigenvalue weighted by atomic mass is 17.5. The standard InChI is InChI=1S/C20H22N2O14/c1-31-13(33-35-29)7-21-17(23)9-3-4-10(18(24)22-8-14(32-2)34-36-30)16-12(20(27)28)6-5-11(15(9)16)19(25)26/h3-6,13-14,29-30H,7-8H2,1-2H3,(H,21,23)(H,22,24)(H,25,26)(H,27,28). The maximum Gasteiger partial charge on any atom is 0.336 e. The van der Waals surface area contributed by atoms with Gasteiger partial charge in [0.15, 0.2) is 0 Å². The van der Waals surface area contributed by atoms with E-state index in [0.29, 0.717) is 0 Å². The predicted octanol–water partition coefficient (Wildman–Crippen LogP) is 0.483. The molecule has 0 bridgehead atoms. The number of ether oxygens (including phenoxy) is 2. The lowest BCUT2D eigenvalue weighted by atomic mass is 9.91. The molecule has 0 aliphatic rings. The van der Waals surface area contributed by atoms with Crippen molar-refractivity contribution in [1.82, 2.24) is 10.6 Å². The van der Waals surface area contributed by atoms with Gasteiger partial charge < -0.3 is 30.3 Å². The molecule has 2 atom stereocenters. The summed E-state index contributed by atoms with van der Waals surface area (Å²) < 4.78 is 9.62. The van der Waals surface area contributed by atoms with Crippen LogP contribution in [0.15, 0.2) is 24.3 Å². The number of hydrogen-bond acceptors (Lipinski definition) is 12. The Labute approximate surface area is 201 Å². The zero-order chi connectivity index (χ0) is 26.8. The van der Waals surface area contributed by atoms with Crippen LogP contribution in [0.5, 0.6) is 0 Å². The van der Waals surface area contributed by atoms with Crippen LogP contribution in [0.2, 0.25) is 0 Å². The maximum absolute atomic E-state index is 12.9. The molecule has 0 saturated heterocycles. The number of carboxylic acids is 2. The number of methoxy groups -OCH3 is 2. The third kappa shape index (κ3) is 6.68. The molecule has 0 aromatic heterocycles. The van der Waals surface area contributed by atoms with E-state index in [1.807, 2.05) is 0 Å². The Morgan fingerprint density at radius 1 is 0.694 bits per heavy atom. The second kappa shape index (κ2) is 13.4. The summed E-state index contributed by atoms with van der Waals surface area (Å²) in [5.74, 6) is -4.76. The number of carbonyl (C=O) groups excluding carboxylic acids is 2. The first-order valence-corrected chi connectivity index (χ1v) is 9.82. The molecule has 0 aliphatic heterocycles. The highest BCUT2D eigenvalue weighted by molar-refractivity contribution is 6.23. The molecule has 0 heterocycles. The molecule has 0 fully saturated rings. The lowest BCUT2D eigenvalue weighted by Crippen LogP contribution is -2.36. The topological polar surface area (TPSA) is 229 Å². The number of carboxylic acid groups (broad SMARTS) is 2. The van der Waals surface area contributed by atoms with Gasteiger partial charge in [0, 0.05) is 36.1 Å². The van der Waals surface area contributed by atoms with Crippen LogP contribution in [0.1, 0.15) is 41.4 Å². The fourth-order valence-corrected chi connectivity index (χ4v) is 3.18. The molecular weight excluding hydrogens is 492 g/mol. The summed E-state index contributed by atoms with van der Waals surface area (Å²) in [5.41, 5.74) is -1.48. The third-order valence-corrected chi connectivity index (χ3v) is 4.80. The number of hydrogen-bond donors (Lipinski definition) is 6. The number of aromatic carboxylic acids is 2. The summed E-state index contributed by atoms with van der Waals surface area (Å²) in [7, 11) is 2.37. The Balaban J connectivity index is 2.63. The SMILES string of the molecule is COC(CNC(=O)c1ccc(C(=O)NCC(OC)OOO)c2c(C(=O)O)ccc(C(=O)O)c12)OOO. The van der Waals surface area contributed by atoms with E-state index < -0.39 is 47.5 Å². The summed E-state index contributed by atoms with van der Waals surface area (Å²) in [4.78, 5) is 58.4. The molecule has 0 spiro atoms. The predicted molar refractivity (Wildman–Crippen MR) is 114 cm³/mol. The van der Waals surface area contributed by atoms with Gasteiger partial charge in [0.05, 0.1) is 24.2 Å². The second-order valence-electron chi connectivity index (χ2n) is 6.77. The van der Waals surface area contributed by atoms with Crippen molar-refractivity contribution in [2.45, 2.75) is 12.6 Å². The minimum absolute atomic E-state index is 0.284. The van der Waals surface area contributed by atoms with Gasteiger partial charge >= 0.3 is 11.9 Å². The van der Waals surface area contributed by atoms with Crippen LogP contribution >= 0.6 is 0 Å². The van der Waals surface area contributed by atoms with Gasteiger partial charge in [0.2, 0.25) is 12.6 Å². The van der Waals surface area contributed by atoms with Crippen LogP contribution in [-0.2, 0) is 29.3 Å². The van der Waals surface area contributed by atoms with Crippen molar-refractivity contribution in [3.05, 3.63) is 46.5 Å². The number of fused-ring (bicyclic) bond motifs is 1. The van der Waals surface area contributed by atoms with E-state index in [2.05, 4.69) is 30.5 Å². The highest BCUT2D eigenvalue weighted by Crippen LogP contribution is 2.30. The average molecular weight is 514 g/mol. The van der Waals surface area contributed by atoms with Crippen molar-refractivity contribution < 1.29 is 69.2 Å². The van der Waals surface area contributed by atoms with Crippen LogP contribution < -0.4 is 10.6 Å². The molecule has 16 heteroatoms. The molecule has 0 radical (unpaired) electrons. The summed E-state index contributed by atoms with van der Waals surface area (Å²) in [5, 5.41) is 47.2. The number of rotatable bonds is 14. The summed E-state index contributed by atoms with van der Waals surface area (Å²) in [6.45, 7) is -0.738. The molecular formula is C20H22N2O14. The van der Waals surface area contributed by atoms with E-state index in [9.17, 15) is 29.4 Å². The van der Waals surface area contributed by atoms with Gasteiger partial charge in [-0.2, -0.15) is 9.78 Å². The largest absolute Gasteiger partial charge is 0.478 e. The number of benzene rings is 2. The van der Waals surface area contributed by atoms with Crippen LogP contribution in [-0.4, -0.2) is 84.4 Å². The van der Waals surface area contributed by atoms with E-state index in [1.54, 1.807) is 0 Å². The van der Waals surface area contributed by atoms with E-state index in [4.69, 9.17) is 20.0 Å². The zero-order valence-electron chi connectivity index (χ0n) is 18.7. The third-order valence-electron chi connectivity index (χ3n) is 4.80. The van der Waals surface area contributed by atoms with E-state index in [1.165, 1.54) is 14.2 Å². The first-order chi connectivity index (χ1) is 17.2. The number of nitrogens with one attached hydrogen (secondary N) is 2. The minimum atomic E-state index is -1.50. The summed E-state index contributed by atoms with van der Waals surface area (Å²) in [6, 6.07) is 4.22. The van der Waals surface area contributed by atoms with Gasteiger partial charge in [-0.1, -0.05) is 10.1 Å². The van der Waals surface area contributed by atoms with Crippen LogP contribution in [0.3, 0.4) is 0 Å². The first-order valence-electron chi connectivity index (χ1n) is 9.82. The number of amides is 2. The van der Waals surface area contributed by atoms with Crippen molar-refractivity contribution in [2.75, 3.05) is 27.3 Å². The molecule has 196 valence electrons. The van der Waals surface area contributed by atoms with Crippen LogP contribution in [0.4, 0.5) is 0 Å². The quantitative estimate of drug-likeness (QED) is 0.114. The van der Waals surface area contributed by atoms with E-state index >= 15 is 0 Å². The lowest BCUT2D eigenvalue weighted by molar-refractivity contribution is -0.527. The van der Waals surface area contributed by atoms with Gasteiger partial charge in [0.1, 0.15) is 0 Å². The molecule has 2 aromatic rings. The van der Waals surface area contributed by atoms with Crippen molar-refractivity contribution in [1.29, 1.82) is 0 Å². The van der Waals surface area contributed by atoms with Crippen LogP contribution in [0, 0.1) is 0 Å². The van der Waals surface area contributed by atoms with Gasteiger partial charge in [-0.05, 0) is 24.3 Å². The fourth-order valence-electron chi connectivity index (χ4n) is 3.18. The van der Waals surface area contributed by atoms with E-state index in [0.717, 1.165) is 24.3 Å². The maximum atomic E-state index is 12.9. The Bertz CT molecular complexity index is 1030. The average Bonchev–Trinajstić information content (AvgIpc) is 2.86.